The van der Waals surface area contributed by atoms with Crippen molar-refractivity contribution in [2.24, 2.45) is 0 Å². The number of hydrogen-bond donors (Lipinski definition) is 1. The average molecular weight is 753 g/mol. The first-order valence-electron chi connectivity index (χ1n) is 17.4. The van der Waals surface area contributed by atoms with Crippen LogP contribution in [-0.2, 0) is 56.9 Å². The molecular weight excluding hydrogens is 702 g/mol. The average Bonchev–Trinajstić information content (AvgIpc) is 3.11. The second kappa shape index (κ2) is 23.8. The van der Waals surface area contributed by atoms with Crippen molar-refractivity contribution in [3.63, 3.8) is 0 Å². The normalized spacial score (nSPS) is 17.1. The number of benzene rings is 2. The van der Waals surface area contributed by atoms with Gasteiger partial charge in [0.05, 0.1) is 109 Å². The highest BCUT2D eigenvalue weighted by Crippen LogP contribution is 2.38. The third-order valence-electron chi connectivity index (χ3n) is 7.91. The lowest BCUT2D eigenvalue weighted by Gasteiger charge is -2.41. The molecule has 0 radical (unpaired) electrons. The molecule has 16 heteroatoms. The third-order valence-corrected chi connectivity index (χ3v) is 7.91. The van der Waals surface area contributed by atoms with Crippen molar-refractivity contribution in [2.45, 2.75) is 50.9 Å². The lowest BCUT2D eigenvalue weighted by Crippen LogP contribution is -2.47. The van der Waals surface area contributed by atoms with E-state index in [1.54, 1.807) is 0 Å². The van der Waals surface area contributed by atoms with E-state index < -0.39 is 42.2 Å². The molecule has 1 N–H and O–H groups in total. The van der Waals surface area contributed by atoms with Crippen molar-refractivity contribution in [3.8, 4) is 0 Å². The van der Waals surface area contributed by atoms with Gasteiger partial charge < -0.3 is 38.5 Å². The predicted molar refractivity (Wildman–Crippen MR) is 179 cm³/mol. The summed E-state index contributed by atoms with van der Waals surface area (Å²) in [5.41, 5.74) is -2.21. The quantitative estimate of drug-likeness (QED) is 0.102. The molecule has 2 aromatic carbocycles. The first-order chi connectivity index (χ1) is 25.0. The summed E-state index contributed by atoms with van der Waals surface area (Å²) in [6.45, 7) is 7.75. The summed E-state index contributed by atoms with van der Waals surface area (Å²) >= 11 is 0. The number of amides is 1. The van der Waals surface area contributed by atoms with Gasteiger partial charge in [0.15, 0.2) is 0 Å². The Hall–Kier alpha value is -2.83. The highest BCUT2D eigenvalue weighted by Gasteiger charge is 2.38. The molecule has 0 aromatic heterocycles. The molecule has 1 saturated heterocycles. The van der Waals surface area contributed by atoms with Crippen LogP contribution in [0.3, 0.4) is 0 Å². The highest BCUT2D eigenvalue weighted by molar-refractivity contribution is 5.78. The topological polar surface area (TPSA) is 97.0 Å². The Morgan fingerprint density at radius 3 is 1.73 bits per heavy atom. The van der Waals surface area contributed by atoms with Crippen LogP contribution in [0.25, 0.3) is 0 Å². The molecular formula is C36H50F6N2O8. The largest absolute Gasteiger partial charge is 0.416 e. The van der Waals surface area contributed by atoms with Crippen LogP contribution in [0.2, 0.25) is 0 Å². The Morgan fingerprint density at radius 1 is 0.731 bits per heavy atom. The Balaban J connectivity index is 1.35. The fourth-order valence-electron chi connectivity index (χ4n) is 5.51. The van der Waals surface area contributed by atoms with E-state index in [0.29, 0.717) is 104 Å². The van der Waals surface area contributed by atoms with Crippen molar-refractivity contribution < 1.29 is 64.3 Å². The van der Waals surface area contributed by atoms with Gasteiger partial charge in [0.2, 0.25) is 5.91 Å². The Kier molecular flexibility index (Phi) is 19.9. The molecule has 3 rings (SSSR count). The first kappa shape index (κ1) is 43.6. The van der Waals surface area contributed by atoms with E-state index in [9.17, 15) is 31.1 Å². The van der Waals surface area contributed by atoms with Crippen LogP contribution in [0.5, 0.6) is 0 Å². The molecule has 10 nitrogen and oxygen atoms in total. The molecule has 52 heavy (non-hydrogen) atoms. The van der Waals surface area contributed by atoms with Crippen LogP contribution < -0.4 is 5.32 Å². The van der Waals surface area contributed by atoms with Gasteiger partial charge in [-0.3, -0.25) is 9.69 Å². The number of nitrogens with one attached hydrogen (secondary N) is 1. The number of likely N-dealkylation sites (tertiary alicyclic amines) is 1. The van der Waals surface area contributed by atoms with E-state index in [4.69, 9.17) is 33.2 Å². The van der Waals surface area contributed by atoms with Gasteiger partial charge in [0, 0.05) is 13.2 Å². The number of carbonyl (C=O) groups excluding carboxylic acids is 1. The van der Waals surface area contributed by atoms with Gasteiger partial charge in [-0.15, -0.1) is 0 Å². The molecule has 0 aliphatic carbocycles. The highest BCUT2D eigenvalue weighted by atomic mass is 19.4. The van der Waals surface area contributed by atoms with E-state index in [-0.39, 0.29) is 37.2 Å². The monoisotopic (exact) mass is 752 g/mol. The summed E-state index contributed by atoms with van der Waals surface area (Å²) in [6.07, 6.45) is -9.38. The second-order valence-corrected chi connectivity index (χ2v) is 11.8. The van der Waals surface area contributed by atoms with E-state index in [1.165, 1.54) is 0 Å². The van der Waals surface area contributed by atoms with E-state index in [1.807, 2.05) is 42.2 Å². The fourth-order valence-corrected chi connectivity index (χ4v) is 5.51. The van der Waals surface area contributed by atoms with Gasteiger partial charge in [-0.2, -0.15) is 26.3 Å². The summed E-state index contributed by atoms with van der Waals surface area (Å²) in [7, 11) is 0. The zero-order valence-electron chi connectivity index (χ0n) is 29.5. The molecule has 1 amide bonds. The molecule has 294 valence electrons. The predicted octanol–water partition coefficient (Wildman–Crippen LogP) is 5.68. The molecule has 2 atom stereocenters. The van der Waals surface area contributed by atoms with Crippen LogP contribution in [0.15, 0.2) is 48.5 Å². The summed E-state index contributed by atoms with van der Waals surface area (Å²) in [6, 6.07) is 10.2. The van der Waals surface area contributed by atoms with Gasteiger partial charge in [0.1, 0.15) is 0 Å². The number of halogens is 6. The van der Waals surface area contributed by atoms with Crippen molar-refractivity contribution in [3.05, 3.63) is 70.8 Å². The van der Waals surface area contributed by atoms with Crippen molar-refractivity contribution >= 4 is 5.91 Å². The number of hydrogen-bond acceptors (Lipinski definition) is 9. The number of ether oxygens (including phenoxy) is 7. The smallest absolute Gasteiger partial charge is 0.379 e. The van der Waals surface area contributed by atoms with Crippen LogP contribution in [-0.4, -0.2) is 116 Å². The Labute approximate surface area is 301 Å². The van der Waals surface area contributed by atoms with Crippen molar-refractivity contribution in [2.75, 3.05) is 98.9 Å². The molecule has 0 spiro atoms. The van der Waals surface area contributed by atoms with Gasteiger partial charge in [-0.1, -0.05) is 30.3 Å². The van der Waals surface area contributed by atoms with Crippen LogP contribution in [0, 0.1) is 0 Å². The van der Waals surface area contributed by atoms with Gasteiger partial charge in [-0.25, -0.2) is 0 Å². The maximum Gasteiger partial charge on any atom is 0.416 e. The lowest BCUT2D eigenvalue weighted by atomic mass is 9.92. The zero-order chi connectivity index (χ0) is 37.7. The molecule has 0 bridgehead atoms. The standard InChI is InChI=1S/C36H50F6N2O8/c1-2-46-13-14-48-17-18-50-21-22-51-20-19-49-16-15-47-12-10-43-33(45)26-44-11-6-9-32(34(44)29-7-4-3-5-8-29)52-27-28-23-30(35(37,38)39)25-31(24-28)36(40,41)42/h3-5,7-8,23-25,32,34H,2,6,9-22,26-27H2,1H3,(H,43,45). The SMILES string of the molecule is CCOCCOCCOCCOCCOCCOCCNC(=O)CN1CCCC(OCc2cc(C(F)(F)F)cc(C(F)(F)F)c2)C1c1ccccc1. The third kappa shape index (κ3) is 16.9. The van der Waals surface area contributed by atoms with E-state index in [2.05, 4.69) is 5.32 Å². The number of carbonyl (C=O) groups is 1. The van der Waals surface area contributed by atoms with Gasteiger partial charge in [0.25, 0.3) is 0 Å². The van der Waals surface area contributed by atoms with E-state index >= 15 is 0 Å². The molecule has 1 aliphatic heterocycles. The summed E-state index contributed by atoms with van der Waals surface area (Å²) < 4.78 is 119. The maximum atomic E-state index is 13.4. The lowest BCUT2D eigenvalue weighted by molar-refractivity contribution is -0.143. The molecule has 1 aliphatic rings. The number of alkyl halides is 6. The van der Waals surface area contributed by atoms with Crippen LogP contribution >= 0.6 is 0 Å². The summed E-state index contributed by atoms with van der Waals surface area (Å²) in [5, 5.41) is 2.82. The second-order valence-electron chi connectivity index (χ2n) is 11.8. The first-order valence-corrected chi connectivity index (χ1v) is 17.4. The van der Waals surface area contributed by atoms with Crippen molar-refractivity contribution in [1.29, 1.82) is 0 Å². The Bertz CT molecular complexity index is 1240. The minimum absolute atomic E-state index is 0.0115. The molecule has 1 fully saturated rings. The maximum absolute atomic E-state index is 13.4. The number of piperidine rings is 1. The van der Waals surface area contributed by atoms with Gasteiger partial charge >= 0.3 is 12.4 Å². The van der Waals surface area contributed by atoms with Crippen molar-refractivity contribution in [1.82, 2.24) is 10.2 Å². The van der Waals surface area contributed by atoms with Gasteiger partial charge in [-0.05, 0) is 55.6 Å². The van der Waals surface area contributed by atoms with Crippen LogP contribution in [0.1, 0.15) is 48.1 Å². The van der Waals surface area contributed by atoms with Crippen LogP contribution in [0.4, 0.5) is 26.3 Å². The number of nitrogens with zero attached hydrogens (tertiary/aromatic N) is 1. The molecule has 1 heterocycles. The molecule has 2 aromatic rings. The van der Waals surface area contributed by atoms with E-state index in [0.717, 1.165) is 5.56 Å². The Morgan fingerprint density at radius 2 is 1.23 bits per heavy atom. The molecule has 2 unspecified atom stereocenters. The fraction of sp³-hybridized carbons (Fsp3) is 0.639. The minimum Gasteiger partial charge on any atom is -0.379 e. The minimum atomic E-state index is -4.96. The number of rotatable bonds is 25. The zero-order valence-corrected chi connectivity index (χ0v) is 29.5. The summed E-state index contributed by atoms with van der Waals surface area (Å²) in [4.78, 5) is 14.8. The summed E-state index contributed by atoms with van der Waals surface area (Å²) in [5.74, 6) is -0.260. The molecule has 0 saturated carbocycles.